The summed E-state index contributed by atoms with van der Waals surface area (Å²) in [5.74, 6) is 2.14. The van der Waals surface area contributed by atoms with Crippen LogP contribution in [0.25, 0.3) is 11.5 Å². The predicted octanol–water partition coefficient (Wildman–Crippen LogP) is 2.68. The number of pyridine rings is 2. The molecule has 1 amide bonds. The van der Waals surface area contributed by atoms with Crippen molar-refractivity contribution in [2.75, 3.05) is 5.75 Å². The van der Waals surface area contributed by atoms with Gasteiger partial charge in [-0.1, -0.05) is 6.07 Å². The molecule has 0 saturated carbocycles. The third-order valence-corrected chi connectivity index (χ3v) is 4.61. The monoisotopic (exact) mass is 368 g/mol. The molecule has 0 radical (unpaired) electrons. The SMILES string of the molecule is Cc1ccnc(-c2n[nH]c([C@H](C)NC(=O)CSCc3ccccn3)n2)c1. The van der Waals surface area contributed by atoms with Gasteiger partial charge in [-0.15, -0.1) is 11.8 Å². The molecular weight excluding hydrogens is 348 g/mol. The minimum absolute atomic E-state index is 0.0509. The average molecular weight is 368 g/mol. The van der Waals surface area contributed by atoms with E-state index in [1.807, 2.05) is 44.2 Å². The molecular formula is C18H20N6OS. The maximum atomic E-state index is 12.1. The number of nitrogens with one attached hydrogen (secondary N) is 2. The fraction of sp³-hybridized carbons (Fsp3) is 0.278. The van der Waals surface area contributed by atoms with Gasteiger partial charge in [0, 0.05) is 18.1 Å². The smallest absolute Gasteiger partial charge is 0.230 e. The van der Waals surface area contributed by atoms with Crippen LogP contribution >= 0.6 is 11.8 Å². The summed E-state index contributed by atoms with van der Waals surface area (Å²) < 4.78 is 0. The van der Waals surface area contributed by atoms with Gasteiger partial charge < -0.3 is 5.32 Å². The van der Waals surface area contributed by atoms with Gasteiger partial charge in [0.15, 0.2) is 5.82 Å². The number of hydrogen-bond acceptors (Lipinski definition) is 6. The molecule has 0 spiro atoms. The topological polar surface area (TPSA) is 96.5 Å². The zero-order valence-electron chi connectivity index (χ0n) is 14.6. The lowest BCUT2D eigenvalue weighted by Crippen LogP contribution is -2.28. The van der Waals surface area contributed by atoms with E-state index in [9.17, 15) is 4.79 Å². The van der Waals surface area contributed by atoms with Gasteiger partial charge in [-0.3, -0.25) is 19.9 Å². The van der Waals surface area contributed by atoms with Crippen LogP contribution in [0.1, 0.15) is 30.0 Å². The summed E-state index contributed by atoms with van der Waals surface area (Å²) in [6.07, 6.45) is 3.48. The number of amides is 1. The van der Waals surface area contributed by atoms with Crippen LogP contribution in [0.3, 0.4) is 0 Å². The van der Waals surface area contributed by atoms with Crippen molar-refractivity contribution in [3.8, 4) is 11.5 Å². The molecule has 26 heavy (non-hydrogen) atoms. The molecule has 0 aliphatic rings. The van der Waals surface area contributed by atoms with Crippen molar-refractivity contribution in [3.05, 3.63) is 59.8 Å². The molecule has 1 atom stereocenters. The number of aryl methyl sites for hydroxylation is 1. The van der Waals surface area contributed by atoms with E-state index in [1.54, 1.807) is 12.4 Å². The summed E-state index contributed by atoms with van der Waals surface area (Å²) >= 11 is 1.52. The zero-order valence-corrected chi connectivity index (χ0v) is 15.5. The molecule has 3 rings (SSSR count). The fourth-order valence-electron chi connectivity index (χ4n) is 2.32. The van der Waals surface area contributed by atoms with Crippen LogP contribution in [0.4, 0.5) is 0 Å². The lowest BCUT2D eigenvalue weighted by Gasteiger charge is -2.10. The first-order valence-corrected chi connectivity index (χ1v) is 9.39. The first-order chi connectivity index (χ1) is 12.6. The minimum Gasteiger partial charge on any atom is -0.346 e. The van der Waals surface area contributed by atoms with Gasteiger partial charge in [0.2, 0.25) is 5.91 Å². The number of H-pyrrole nitrogens is 1. The van der Waals surface area contributed by atoms with Crippen molar-refractivity contribution in [2.45, 2.75) is 25.6 Å². The van der Waals surface area contributed by atoms with E-state index in [0.29, 0.717) is 28.8 Å². The number of rotatable bonds is 7. The summed E-state index contributed by atoms with van der Waals surface area (Å²) in [5, 5.41) is 10.00. The number of carbonyl (C=O) groups is 1. The van der Waals surface area contributed by atoms with Gasteiger partial charge in [-0.25, -0.2) is 4.98 Å². The second-order valence-electron chi connectivity index (χ2n) is 5.87. The lowest BCUT2D eigenvalue weighted by atomic mass is 10.2. The van der Waals surface area contributed by atoms with Crippen LogP contribution in [0.2, 0.25) is 0 Å². The largest absolute Gasteiger partial charge is 0.346 e. The highest BCUT2D eigenvalue weighted by Crippen LogP contribution is 2.16. The van der Waals surface area contributed by atoms with Crippen LogP contribution in [0.15, 0.2) is 42.7 Å². The standard InChI is InChI=1S/C18H20N6OS/c1-12-6-8-20-15(9-12)18-22-17(23-24-18)13(2)21-16(25)11-26-10-14-5-3-4-7-19-14/h3-9,13H,10-11H2,1-2H3,(H,21,25)(H,22,23,24)/t13-/m0/s1. The van der Waals surface area contributed by atoms with Crippen LogP contribution < -0.4 is 5.32 Å². The van der Waals surface area contributed by atoms with Crippen molar-refractivity contribution in [1.82, 2.24) is 30.5 Å². The van der Waals surface area contributed by atoms with Gasteiger partial charge in [0.05, 0.1) is 17.5 Å². The number of carbonyl (C=O) groups excluding carboxylic acids is 1. The van der Waals surface area contributed by atoms with Crippen molar-refractivity contribution in [2.24, 2.45) is 0 Å². The van der Waals surface area contributed by atoms with Gasteiger partial charge in [-0.05, 0) is 43.7 Å². The van der Waals surface area contributed by atoms with E-state index in [0.717, 1.165) is 11.3 Å². The van der Waals surface area contributed by atoms with Crippen LogP contribution in [-0.4, -0.2) is 36.8 Å². The van der Waals surface area contributed by atoms with E-state index >= 15 is 0 Å². The second-order valence-corrected chi connectivity index (χ2v) is 6.85. The third kappa shape index (κ3) is 4.89. The second kappa shape index (κ2) is 8.57. The summed E-state index contributed by atoms with van der Waals surface area (Å²) in [6, 6.07) is 9.34. The Kier molecular flexibility index (Phi) is 5.96. The van der Waals surface area contributed by atoms with Crippen LogP contribution in [0.5, 0.6) is 0 Å². The Morgan fingerprint density at radius 2 is 2.15 bits per heavy atom. The van der Waals surface area contributed by atoms with E-state index in [2.05, 4.69) is 30.5 Å². The van der Waals surface area contributed by atoms with Crippen molar-refractivity contribution < 1.29 is 4.79 Å². The normalized spacial score (nSPS) is 11.9. The van der Waals surface area contributed by atoms with Gasteiger partial charge in [0.1, 0.15) is 11.5 Å². The molecule has 134 valence electrons. The maximum absolute atomic E-state index is 12.1. The maximum Gasteiger partial charge on any atom is 0.230 e. The fourth-order valence-corrected chi connectivity index (χ4v) is 3.07. The number of thioether (sulfide) groups is 1. The van der Waals surface area contributed by atoms with Crippen LogP contribution in [-0.2, 0) is 10.5 Å². The molecule has 0 aliphatic heterocycles. The Hall–Kier alpha value is -2.74. The predicted molar refractivity (Wildman–Crippen MR) is 101 cm³/mol. The molecule has 0 unspecified atom stereocenters. The molecule has 0 fully saturated rings. The first-order valence-electron chi connectivity index (χ1n) is 8.24. The van der Waals surface area contributed by atoms with E-state index in [4.69, 9.17) is 0 Å². The molecule has 7 nitrogen and oxygen atoms in total. The Labute approximate surface area is 156 Å². The lowest BCUT2D eigenvalue weighted by molar-refractivity contribution is -0.119. The molecule has 0 saturated heterocycles. The minimum atomic E-state index is -0.260. The highest BCUT2D eigenvalue weighted by atomic mass is 32.2. The quantitative estimate of drug-likeness (QED) is 0.665. The Balaban J connectivity index is 1.51. The van der Waals surface area contributed by atoms with Crippen molar-refractivity contribution >= 4 is 17.7 Å². The average Bonchev–Trinajstić information content (AvgIpc) is 3.13. The molecule has 2 N–H and O–H groups in total. The summed E-state index contributed by atoms with van der Waals surface area (Å²) in [5.41, 5.74) is 2.76. The molecule has 0 aromatic carbocycles. The Morgan fingerprint density at radius 3 is 2.92 bits per heavy atom. The molecule has 3 aromatic heterocycles. The molecule has 3 heterocycles. The van der Waals surface area contributed by atoms with Crippen LogP contribution in [0, 0.1) is 6.92 Å². The van der Waals surface area contributed by atoms with Gasteiger partial charge >= 0.3 is 0 Å². The van der Waals surface area contributed by atoms with Crippen molar-refractivity contribution in [3.63, 3.8) is 0 Å². The summed E-state index contributed by atoms with van der Waals surface area (Å²) in [6.45, 7) is 3.86. The van der Waals surface area contributed by atoms with Gasteiger partial charge in [0.25, 0.3) is 0 Å². The first kappa shape index (κ1) is 18.1. The Morgan fingerprint density at radius 1 is 1.27 bits per heavy atom. The number of nitrogens with zero attached hydrogens (tertiary/aromatic N) is 4. The molecule has 8 heteroatoms. The number of aromatic nitrogens is 5. The van der Waals surface area contributed by atoms with E-state index in [1.165, 1.54) is 11.8 Å². The highest BCUT2D eigenvalue weighted by Gasteiger charge is 2.15. The number of aromatic amines is 1. The van der Waals surface area contributed by atoms with Gasteiger partial charge in [-0.2, -0.15) is 5.10 Å². The zero-order chi connectivity index (χ0) is 18.4. The Bertz CT molecular complexity index is 867. The number of hydrogen-bond donors (Lipinski definition) is 2. The van der Waals surface area contributed by atoms with Crippen molar-refractivity contribution in [1.29, 1.82) is 0 Å². The molecule has 0 aliphatic carbocycles. The molecule has 0 bridgehead atoms. The van der Waals surface area contributed by atoms with E-state index < -0.39 is 0 Å². The summed E-state index contributed by atoms with van der Waals surface area (Å²) in [7, 11) is 0. The van der Waals surface area contributed by atoms with E-state index in [-0.39, 0.29) is 11.9 Å². The molecule has 3 aromatic rings. The highest BCUT2D eigenvalue weighted by molar-refractivity contribution is 7.99. The third-order valence-electron chi connectivity index (χ3n) is 3.64. The summed E-state index contributed by atoms with van der Waals surface area (Å²) in [4.78, 5) is 25.1.